The number of hydrogen-bond donors (Lipinski definition) is 8. The summed E-state index contributed by atoms with van der Waals surface area (Å²) in [6.07, 6.45) is 52.3. The van der Waals surface area contributed by atoms with Gasteiger partial charge in [-0.1, -0.05) is 311 Å². The van der Waals surface area contributed by atoms with Crippen LogP contribution in [-0.4, -0.2) is 152 Å². The molecule has 0 aliphatic heterocycles. The fourth-order valence-corrected chi connectivity index (χ4v) is 14.5. The van der Waals surface area contributed by atoms with Crippen molar-refractivity contribution in [1.29, 1.82) is 0 Å². The molecule has 0 heterocycles. The first-order valence-corrected chi connectivity index (χ1v) is 47.0. The molecule has 0 saturated heterocycles. The Morgan fingerprint density at radius 2 is 0.685 bits per heavy atom. The van der Waals surface area contributed by atoms with Crippen molar-refractivity contribution in [2.75, 3.05) is 65.9 Å². The summed E-state index contributed by atoms with van der Waals surface area (Å²) in [4.78, 5) is 86.8. The standard InChI is InChI=1S/C83H164N4O19P2/c1-7-13-19-25-29-33-37-43-47-53-75(88)67-79(90)86-73(69-99-63-59-77(55-49-41-23-17-11-5)105-81(92)57-51-45-39-35-31-27-21-15-9-3)71-103-107(95,96)101-65-61-84-83(94)85-62-66-102-108(97,98)104-72-74(87-80(91)68-76(89)54-48-44-38-34-30-26-20-14-8-2)70-100-64-60-78(56-50-42-24-18-12-6)106-82(93)58-52-46-40-36-32-28-22-16-10-4/h73-75,77-78,82,88,93H,7-72H2,1-6H3,(H,86,90)(H,87,91)(H,95,96)(H,97,98)(H2,84,85,94). The largest absolute Gasteiger partial charge is 0.472 e. The first-order valence-electron chi connectivity index (χ1n) is 44.0. The van der Waals surface area contributed by atoms with Crippen LogP contribution in [0.15, 0.2) is 0 Å². The number of nitrogens with one attached hydrogen (secondary N) is 4. The topological polar surface area (TPSA) is 322 Å². The molecule has 25 heteroatoms. The van der Waals surface area contributed by atoms with Crippen LogP contribution in [0, 0.1) is 0 Å². The van der Waals surface area contributed by atoms with Crippen LogP contribution in [0.2, 0.25) is 0 Å². The Morgan fingerprint density at radius 3 is 1.09 bits per heavy atom. The Kier molecular flexibility index (Phi) is 75.1. The smallest absolute Gasteiger partial charge is 0.462 e. The third-order valence-electron chi connectivity index (χ3n) is 19.6. The lowest BCUT2D eigenvalue weighted by atomic mass is 10.0. The monoisotopic (exact) mass is 1580 g/mol. The lowest BCUT2D eigenvalue weighted by Gasteiger charge is -2.23. The van der Waals surface area contributed by atoms with Gasteiger partial charge in [-0.2, -0.15) is 0 Å². The number of aliphatic hydroxyl groups is 2. The number of amides is 4. The van der Waals surface area contributed by atoms with Gasteiger partial charge in [0.25, 0.3) is 0 Å². The molecule has 8 atom stereocenters. The predicted octanol–water partition coefficient (Wildman–Crippen LogP) is 20.1. The third-order valence-corrected chi connectivity index (χ3v) is 21.6. The van der Waals surface area contributed by atoms with Crippen molar-refractivity contribution in [2.45, 2.75) is 438 Å². The van der Waals surface area contributed by atoms with Crippen LogP contribution in [0.25, 0.3) is 0 Å². The zero-order valence-electron chi connectivity index (χ0n) is 69.4. The van der Waals surface area contributed by atoms with Crippen molar-refractivity contribution < 1.29 is 90.1 Å². The molecule has 23 nitrogen and oxygen atoms in total. The highest BCUT2D eigenvalue weighted by molar-refractivity contribution is 7.47. The molecule has 640 valence electrons. The number of carbonyl (C=O) groups excluding carboxylic acids is 5. The fourth-order valence-electron chi connectivity index (χ4n) is 13.0. The number of phosphoric ester groups is 2. The molecule has 108 heavy (non-hydrogen) atoms. The van der Waals surface area contributed by atoms with Gasteiger partial charge in [-0.15, -0.1) is 0 Å². The summed E-state index contributed by atoms with van der Waals surface area (Å²) < 4.78 is 71.6. The quantitative estimate of drug-likeness (QED) is 0.00922. The number of aliphatic hydroxyl groups excluding tert-OH is 2. The van der Waals surface area contributed by atoms with E-state index in [9.17, 15) is 53.1 Å². The molecule has 0 fully saturated rings. The minimum Gasteiger partial charge on any atom is -0.462 e. The average molecular weight is 1580 g/mol. The van der Waals surface area contributed by atoms with Crippen molar-refractivity contribution in [3.05, 3.63) is 0 Å². The summed E-state index contributed by atoms with van der Waals surface area (Å²) in [5.41, 5.74) is 0. The second kappa shape index (κ2) is 77.0. The van der Waals surface area contributed by atoms with Gasteiger partial charge in [-0.05, 0) is 57.8 Å². The lowest BCUT2D eigenvalue weighted by molar-refractivity contribution is -0.150. The zero-order valence-corrected chi connectivity index (χ0v) is 71.2. The van der Waals surface area contributed by atoms with E-state index in [-0.39, 0.29) is 82.7 Å². The second-order valence-corrected chi connectivity index (χ2v) is 33.2. The van der Waals surface area contributed by atoms with Crippen LogP contribution in [0.1, 0.15) is 401 Å². The number of phosphoric acid groups is 2. The highest BCUT2D eigenvalue weighted by Gasteiger charge is 2.28. The average Bonchev–Trinajstić information content (AvgIpc) is 0.914. The summed E-state index contributed by atoms with van der Waals surface area (Å²) in [6.45, 7) is 10.8. The second-order valence-electron chi connectivity index (χ2n) is 30.3. The molecule has 0 rings (SSSR count). The Balaban J connectivity index is 5.68. The number of rotatable bonds is 85. The van der Waals surface area contributed by atoms with Gasteiger partial charge < -0.3 is 60.2 Å². The van der Waals surface area contributed by atoms with Gasteiger partial charge in [0, 0.05) is 39.0 Å². The number of esters is 1. The van der Waals surface area contributed by atoms with Crippen molar-refractivity contribution in [3.63, 3.8) is 0 Å². The maximum Gasteiger partial charge on any atom is 0.472 e. The van der Waals surface area contributed by atoms with Crippen molar-refractivity contribution >= 4 is 45.2 Å². The molecule has 0 aliphatic carbocycles. The SMILES string of the molecule is CCCCCCCCCCCC(=O)CC(=O)NC(COCCC(CCCCCCC)OC(O)CCCCCCCCCCC)COP(=O)(O)OCCNC(=O)NCCOP(=O)(O)OCC(COCCC(CCCCCCC)OC(=O)CCCCCCCCCCC)NC(=O)CC(O)CCCCCCCCCCC. The molecule has 0 radical (unpaired) electrons. The number of ketones is 1. The molecule has 4 amide bonds. The molecule has 0 saturated carbocycles. The fraction of sp³-hybridized carbons (Fsp3) is 0.940. The number of unbranched alkanes of at least 4 members (excludes halogenated alkanes) is 40. The summed E-state index contributed by atoms with van der Waals surface area (Å²) in [7, 11) is -9.56. The van der Waals surface area contributed by atoms with Crippen molar-refractivity contribution in [1.82, 2.24) is 21.3 Å². The highest BCUT2D eigenvalue weighted by Crippen LogP contribution is 2.44. The lowest BCUT2D eigenvalue weighted by Crippen LogP contribution is -2.42. The van der Waals surface area contributed by atoms with Crippen LogP contribution in [0.4, 0.5) is 4.79 Å². The van der Waals surface area contributed by atoms with Crippen LogP contribution < -0.4 is 21.3 Å². The number of urea groups is 1. The van der Waals surface area contributed by atoms with Crippen molar-refractivity contribution in [2.24, 2.45) is 0 Å². The molecule has 0 aromatic heterocycles. The van der Waals surface area contributed by atoms with E-state index in [1.54, 1.807) is 0 Å². The normalized spacial score (nSPS) is 14.5. The first kappa shape index (κ1) is 105. The van der Waals surface area contributed by atoms with E-state index in [2.05, 4.69) is 62.8 Å². The van der Waals surface area contributed by atoms with E-state index in [1.807, 2.05) is 0 Å². The Morgan fingerprint density at radius 1 is 0.352 bits per heavy atom. The van der Waals surface area contributed by atoms with Gasteiger partial charge in [0.1, 0.15) is 11.9 Å². The summed E-state index contributed by atoms with van der Waals surface area (Å²) in [5.74, 6) is -1.50. The van der Waals surface area contributed by atoms with Gasteiger partial charge in [-0.25, -0.2) is 13.9 Å². The van der Waals surface area contributed by atoms with E-state index in [1.165, 1.54) is 141 Å². The Bertz CT molecular complexity index is 2180. The Labute approximate surface area is 657 Å². The number of carbonyl (C=O) groups is 5. The van der Waals surface area contributed by atoms with Crippen LogP contribution in [-0.2, 0) is 65.4 Å². The molecule has 0 spiro atoms. The maximum absolute atomic E-state index is 13.3. The number of ether oxygens (including phenoxy) is 4. The molecule has 0 bridgehead atoms. The summed E-state index contributed by atoms with van der Waals surface area (Å²) >= 11 is 0. The van der Waals surface area contributed by atoms with Gasteiger partial charge in [0.2, 0.25) is 11.8 Å². The summed E-state index contributed by atoms with van der Waals surface area (Å²) in [5, 5.41) is 32.2. The minimum absolute atomic E-state index is 0.126. The molecular formula is C83H164N4O19P2. The molecule has 8 unspecified atom stereocenters. The number of Topliss-reactive ketones (excluding diaryl/α,β-unsaturated/α-hetero) is 1. The van der Waals surface area contributed by atoms with Gasteiger partial charge in [0.05, 0.1) is 83.4 Å². The molecule has 0 aliphatic rings. The van der Waals surface area contributed by atoms with Crippen LogP contribution in [0.3, 0.4) is 0 Å². The molecule has 8 N–H and O–H groups in total. The zero-order chi connectivity index (χ0) is 79.5. The van der Waals surface area contributed by atoms with E-state index < -0.39 is 84.4 Å². The van der Waals surface area contributed by atoms with Crippen LogP contribution >= 0.6 is 15.6 Å². The number of hydrogen-bond acceptors (Lipinski definition) is 17. The van der Waals surface area contributed by atoms with Gasteiger partial charge >= 0.3 is 27.6 Å². The molecule has 0 aromatic carbocycles. The van der Waals surface area contributed by atoms with Gasteiger partial charge in [0.15, 0.2) is 6.29 Å². The first-order chi connectivity index (χ1) is 52.3. The van der Waals surface area contributed by atoms with Crippen molar-refractivity contribution in [3.8, 4) is 0 Å². The molecule has 0 aromatic rings. The minimum atomic E-state index is -4.79. The summed E-state index contributed by atoms with van der Waals surface area (Å²) in [6, 6.07) is -2.65. The Hall–Kier alpha value is -2.63. The maximum atomic E-state index is 13.3. The predicted molar refractivity (Wildman–Crippen MR) is 435 cm³/mol. The van der Waals surface area contributed by atoms with Gasteiger partial charge in [-0.3, -0.25) is 37.3 Å². The van der Waals surface area contributed by atoms with E-state index in [0.29, 0.717) is 44.9 Å². The molecular weight excluding hydrogens is 1420 g/mol. The highest BCUT2D eigenvalue weighted by atomic mass is 31.2. The van der Waals surface area contributed by atoms with E-state index in [4.69, 9.17) is 37.0 Å². The van der Waals surface area contributed by atoms with E-state index >= 15 is 0 Å². The third kappa shape index (κ3) is 73.5. The van der Waals surface area contributed by atoms with E-state index in [0.717, 1.165) is 154 Å². The van der Waals surface area contributed by atoms with Crippen LogP contribution in [0.5, 0.6) is 0 Å².